The van der Waals surface area contributed by atoms with Crippen molar-refractivity contribution >= 4 is 17.2 Å². The van der Waals surface area contributed by atoms with Gasteiger partial charge in [0.2, 0.25) is 5.91 Å². The van der Waals surface area contributed by atoms with Crippen LogP contribution in [0.15, 0.2) is 84.2 Å². The smallest absolute Gasteiger partial charge is 0.226 e. The van der Waals surface area contributed by atoms with Gasteiger partial charge < -0.3 is 10.1 Å². The molecule has 31 heavy (non-hydrogen) atoms. The number of hydrogen-bond donors (Lipinski definition) is 1. The van der Waals surface area contributed by atoms with E-state index < -0.39 is 0 Å². The molecule has 156 valence electrons. The fraction of sp³-hybridized carbons (Fsp3) is 0.120. The molecule has 4 nitrogen and oxygen atoms in total. The lowest BCUT2D eigenvalue weighted by Crippen LogP contribution is -2.30. The molecule has 3 aromatic carbocycles. The summed E-state index contributed by atoms with van der Waals surface area (Å²) in [4.78, 5) is 17.4. The Hall–Kier alpha value is -3.51. The number of ether oxygens (including phenoxy) is 1. The van der Waals surface area contributed by atoms with Crippen LogP contribution in [0.2, 0.25) is 0 Å². The maximum absolute atomic E-state index is 13.1. The normalized spacial score (nSPS) is 11.7. The van der Waals surface area contributed by atoms with E-state index in [0.29, 0.717) is 5.69 Å². The van der Waals surface area contributed by atoms with Crippen LogP contribution in [-0.4, -0.2) is 18.0 Å². The number of hydrogen-bond acceptors (Lipinski definition) is 4. The van der Waals surface area contributed by atoms with Crippen LogP contribution in [0.1, 0.15) is 22.9 Å². The molecule has 1 heterocycles. The third-order valence-electron chi connectivity index (χ3n) is 4.87. The van der Waals surface area contributed by atoms with Gasteiger partial charge in [0.15, 0.2) is 0 Å². The fourth-order valence-electron chi connectivity index (χ4n) is 3.29. The molecule has 1 amide bonds. The van der Waals surface area contributed by atoms with Gasteiger partial charge in [-0.25, -0.2) is 9.37 Å². The predicted molar refractivity (Wildman–Crippen MR) is 121 cm³/mol. The zero-order valence-electron chi connectivity index (χ0n) is 16.9. The van der Waals surface area contributed by atoms with E-state index in [1.54, 1.807) is 19.2 Å². The summed E-state index contributed by atoms with van der Waals surface area (Å²) in [7, 11) is 1.62. The van der Waals surface area contributed by atoms with Crippen molar-refractivity contribution in [1.82, 2.24) is 10.3 Å². The van der Waals surface area contributed by atoms with E-state index in [1.807, 2.05) is 60.0 Å². The number of nitrogens with one attached hydrogen (secondary N) is 1. The van der Waals surface area contributed by atoms with Crippen LogP contribution in [0.3, 0.4) is 0 Å². The number of methoxy groups -OCH3 is 1. The Labute approximate surface area is 184 Å². The molecule has 0 aliphatic carbocycles. The first-order chi connectivity index (χ1) is 15.1. The zero-order valence-corrected chi connectivity index (χ0v) is 17.7. The highest BCUT2D eigenvalue weighted by atomic mass is 32.1. The second-order valence-electron chi connectivity index (χ2n) is 7.01. The Kier molecular flexibility index (Phi) is 6.38. The minimum Gasteiger partial charge on any atom is -0.497 e. The minimum atomic E-state index is -0.287. The number of amides is 1. The van der Waals surface area contributed by atoms with Crippen LogP contribution < -0.4 is 10.1 Å². The van der Waals surface area contributed by atoms with Gasteiger partial charge in [-0.1, -0.05) is 42.5 Å². The number of carbonyl (C=O) groups excluding carboxylic acids is 1. The summed E-state index contributed by atoms with van der Waals surface area (Å²) in [5.74, 6) is 0.351. The van der Waals surface area contributed by atoms with Gasteiger partial charge in [-0.2, -0.15) is 0 Å². The first kappa shape index (κ1) is 20.8. The number of thiazole rings is 1. The lowest BCUT2D eigenvalue weighted by Gasteiger charge is -2.20. The molecule has 1 aromatic heterocycles. The van der Waals surface area contributed by atoms with Crippen molar-refractivity contribution in [3.63, 3.8) is 0 Å². The molecule has 0 spiro atoms. The largest absolute Gasteiger partial charge is 0.497 e. The SMILES string of the molecule is COc1ccc(C(NC(=O)Cc2csc(-c3ccc(F)cc3)n2)c2ccccc2)cc1. The fourth-order valence-corrected chi connectivity index (χ4v) is 4.12. The number of benzene rings is 3. The molecule has 0 aliphatic heterocycles. The average Bonchev–Trinajstić information content (AvgIpc) is 3.27. The molecule has 4 rings (SSSR count). The van der Waals surface area contributed by atoms with Crippen molar-refractivity contribution < 1.29 is 13.9 Å². The molecule has 1 atom stereocenters. The molecule has 0 bridgehead atoms. The molecule has 4 aromatic rings. The molecular weight excluding hydrogens is 411 g/mol. The summed E-state index contributed by atoms with van der Waals surface area (Å²) in [5, 5.41) is 5.75. The van der Waals surface area contributed by atoms with E-state index in [4.69, 9.17) is 4.74 Å². The number of carbonyl (C=O) groups is 1. The van der Waals surface area contributed by atoms with Gasteiger partial charge in [0.25, 0.3) is 0 Å². The van der Waals surface area contributed by atoms with E-state index in [2.05, 4.69) is 10.3 Å². The highest BCUT2D eigenvalue weighted by Gasteiger charge is 2.18. The van der Waals surface area contributed by atoms with Crippen LogP contribution >= 0.6 is 11.3 Å². The Morgan fingerprint density at radius 1 is 1.00 bits per heavy atom. The summed E-state index contributed by atoms with van der Waals surface area (Å²) in [5.41, 5.74) is 3.47. The van der Waals surface area contributed by atoms with E-state index >= 15 is 0 Å². The molecule has 6 heteroatoms. The number of aromatic nitrogens is 1. The van der Waals surface area contributed by atoms with Crippen LogP contribution in [0.4, 0.5) is 4.39 Å². The summed E-state index contributed by atoms with van der Waals surface area (Å²) in [6.07, 6.45) is 0.164. The van der Waals surface area contributed by atoms with Crippen molar-refractivity contribution in [3.8, 4) is 16.3 Å². The molecule has 0 fully saturated rings. The van der Waals surface area contributed by atoms with Crippen LogP contribution in [0, 0.1) is 5.82 Å². The third-order valence-corrected chi connectivity index (χ3v) is 5.81. The van der Waals surface area contributed by atoms with Gasteiger partial charge in [0.05, 0.1) is 25.3 Å². The molecule has 1 unspecified atom stereocenters. The van der Waals surface area contributed by atoms with Crippen LogP contribution in [-0.2, 0) is 11.2 Å². The van der Waals surface area contributed by atoms with Crippen molar-refractivity contribution in [2.24, 2.45) is 0 Å². The van der Waals surface area contributed by atoms with Gasteiger partial charge in [0.1, 0.15) is 16.6 Å². The molecule has 1 N–H and O–H groups in total. The summed E-state index contributed by atoms with van der Waals surface area (Å²) in [6, 6.07) is 23.4. The van der Waals surface area contributed by atoms with Crippen molar-refractivity contribution in [3.05, 3.63) is 107 Å². The lowest BCUT2D eigenvalue weighted by atomic mass is 9.98. The maximum Gasteiger partial charge on any atom is 0.226 e. The molecule has 0 saturated heterocycles. The van der Waals surface area contributed by atoms with Gasteiger partial charge in [-0.15, -0.1) is 11.3 Å². The van der Waals surface area contributed by atoms with Gasteiger partial charge >= 0.3 is 0 Å². The Bertz CT molecular complexity index is 1140. The van der Waals surface area contributed by atoms with Gasteiger partial charge in [0, 0.05) is 10.9 Å². The highest BCUT2D eigenvalue weighted by Crippen LogP contribution is 2.26. The van der Waals surface area contributed by atoms with Gasteiger partial charge in [-0.05, 0) is 47.5 Å². The Morgan fingerprint density at radius 3 is 2.35 bits per heavy atom. The first-order valence-corrected chi connectivity index (χ1v) is 10.7. The second kappa shape index (κ2) is 9.53. The minimum absolute atomic E-state index is 0.124. The number of halogens is 1. The van der Waals surface area contributed by atoms with Gasteiger partial charge in [-0.3, -0.25) is 4.79 Å². The summed E-state index contributed by atoms with van der Waals surface area (Å²) in [6.45, 7) is 0. The Morgan fingerprint density at radius 2 is 1.68 bits per heavy atom. The van der Waals surface area contributed by atoms with Crippen LogP contribution in [0.5, 0.6) is 5.75 Å². The highest BCUT2D eigenvalue weighted by molar-refractivity contribution is 7.13. The molecule has 0 radical (unpaired) electrons. The zero-order chi connectivity index (χ0) is 21.6. The molecular formula is C25H21FN2O2S. The van der Waals surface area contributed by atoms with E-state index in [9.17, 15) is 9.18 Å². The Balaban J connectivity index is 1.50. The topological polar surface area (TPSA) is 51.2 Å². The monoisotopic (exact) mass is 432 g/mol. The number of rotatable bonds is 7. The first-order valence-electron chi connectivity index (χ1n) is 9.81. The van der Waals surface area contributed by atoms with Crippen LogP contribution in [0.25, 0.3) is 10.6 Å². The summed E-state index contributed by atoms with van der Waals surface area (Å²) >= 11 is 1.44. The van der Waals surface area contributed by atoms with Crippen molar-refractivity contribution in [2.45, 2.75) is 12.5 Å². The van der Waals surface area contributed by atoms with E-state index in [1.165, 1.54) is 23.5 Å². The third kappa shape index (κ3) is 5.16. The molecule has 0 saturated carbocycles. The second-order valence-corrected chi connectivity index (χ2v) is 7.87. The molecule has 0 aliphatic rings. The maximum atomic E-state index is 13.1. The lowest BCUT2D eigenvalue weighted by molar-refractivity contribution is -0.121. The number of nitrogens with zero attached hydrogens (tertiary/aromatic N) is 1. The average molecular weight is 433 g/mol. The van der Waals surface area contributed by atoms with E-state index in [0.717, 1.165) is 27.4 Å². The summed E-state index contributed by atoms with van der Waals surface area (Å²) < 4.78 is 18.4. The predicted octanol–water partition coefficient (Wildman–Crippen LogP) is 5.41. The van der Waals surface area contributed by atoms with E-state index in [-0.39, 0.29) is 24.2 Å². The standard InChI is InChI=1S/C25H21FN2O2S/c1-30-22-13-9-18(10-14-22)24(17-5-3-2-4-6-17)28-23(29)15-21-16-31-25(27-21)19-7-11-20(26)12-8-19/h2-14,16,24H,15H2,1H3,(H,28,29). The quantitative estimate of drug-likeness (QED) is 0.425. The van der Waals surface area contributed by atoms with Crippen molar-refractivity contribution in [2.75, 3.05) is 7.11 Å². The van der Waals surface area contributed by atoms with Crippen molar-refractivity contribution in [1.29, 1.82) is 0 Å².